The molecule has 2 rings (SSSR count). The normalized spacial score (nSPS) is 9.83. The lowest BCUT2D eigenvalue weighted by molar-refractivity contribution is -0.114. The number of anilines is 2. The largest absolute Gasteiger partial charge is 0.325 e. The molecule has 0 saturated carbocycles. The van der Waals surface area contributed by atoms with E-state index in [1.54, 1.807) is 18.2 Å². The van der Waals surface area contributed by atoms with E-state index in [4.69, 9.17) is 16.9 Å². The summed E-state index contributed by atoms with van der Waals surface area (Å²) >= 11 is 9.27. The standard InChI is InChI=1S/C15H10BrClN4O2/c1-8(22)20-12-3-2-10(16)5-13(12)21-15(23)14-11(17)4-9(6-18)7-19-14/h2-5,7H,1H3,(H,20,22)(H,21,23). The number of nitrogens with one attached hydrogen (secondary N) is 2. The van der Waals surface area contributed by atoms with Crippen LogP contribution in [0.4, 0.5) is 11.4 Å². The van der Waals surface area contributed by atoms with Gasteiger partial charge in [0.1, 0.15) is 11.8 Å². The van der Waals surface area contributed by atoms with Crippen molar-refractivity contribution in [3.63, 3.8) is 0 Å². The van der Waals surface area contributed by atoms with E-state index < -0.39 is 5.91 Å². The van der Waals surface area contributed by atoms with Crippen molar-refractivity contribution in [2.75, 3.05) is 10.6 Å². The highest BCUT2D eigenvalue weighted by Gasteiger charge is 2.15. The van der Waals surface area contributed by atoms with Crippen molar-refractivity contribution in [1.29, 1.82) is 5.26 Å². The Morgan fingerprint density at radius 1 is 1.26 bits per heavy atom. The predicted octanol–water partition coefficient (Wildman–Crippen LogP) is 3.58. The van der Waals surface area contributed by atoms with Gasteiger partial charge < -0.3 is 10.6 Å². The fourth-order valence-corrected chi connectivity index (χ4v) is 2.38. The molecule has 0 aliphatic rings. The Hall–Kier alpha value is -2.43. The average molecular weight is 394 g/mol. The number of halogens is 2. The molecule has 23 heavy (non-hydrogen) atoms. The summed E-state index contributed by atoms with van der Waals surface area (Å²) in [4.78, 5) is 27.4. The second-order valence-electron chi connectivity index (χ2n) is 4.49. The van der Waals surface area contributed by atoms with E-state index in [0.29, 0.717) is 11.4 Å². The summed E-state index contributed by atoms with van der Waals surface area (Å²) in [5.41, 5.74) is 1.08. The number of nitrogens with zero attached hydrogens (tertiary/aromatic N) is 2. The molecule has 2 amide bonds. The number of aromatic nitrogens is 1. The van der Waals surface area contributed by atoms with E-state index in [9.17, 15) is 9.59 Å². The number of rotatable bonds is 3. The minimum Gasteiger partial charge on any atom is -0.325 e. The van der Waals surface area contributed by atoms with Gasteiger partial charge in [-0.15, -0.1) is 0 Å². The molecular formula is C15H10BrClN4O2. The summed E-state index contributed by atoms with van der Waals surface area (Å²) in [6.07, 6.45) is 1.26. The number of nitriles is 1. The van der Waals surface area contributed by atoms with Gasteiger partial charge in [-0.1, -0.05) is 27.5 Å². The lowest BCUT2D eigenvalue weighted by Crippen LogP contribution is -2.17. The van der Waals surface area contributed by atoms with Crippen LogP contribution in [0.25, 0.3) is 0 Å². The summed E-state index contributed by atoms with van der Waals surface area (Å²) in [5.74, 6) is -0.818. The number of hydrogen-bond acceptors (Lipinski definition) is 4. The van der Waals surface area contributed by atoms with Crippen LogP contribution in [-0.4, -0.2) is 16.8 Å². The van der Waals surface area contributed by atoms with Crippen molar-refractivity contribution >= 4 is 50.7 Å². The molecule has 1 heterocycles. The first-order valence-electron chi connectivity index (χ1n) is 6.35. The topological polar surface area (TPSA) is 94.9 Å². The number of benzene rings is 1. The lowest BCUT2D eigenvalue weighted by atomic mass is 10.2. The molecule has 0 fully saturated rings. The van der Waals surface area contributed by atoms with Gasteiger partial charge >= 0.3 is 0 Å². The zero-order valence-electron chi connectivity index (χ0n) is 11.9. The van der Waals surface area contributed by atoms with Crippen LogP contribution in [0.15, 0.2) is 34.9 Å². The van der Waals surface area contributed by atoms with E-state index in [0.717, 1.165) is 4.47 Å². The molecule has 8 heteroatoms. The SMILES string of the molecule is CC(=O)Nc1ccc(Br)cc1NC(=O)c1ncc(C#N)cc1Cl. The van der Waals surface area contributed by atoms with E-state index in [2.05, 4.69) is 31.5 Å². The zero-order chi connectivity index (χ0) is 17.0. The molecule has 0 bridgehead atoms. The molecule has 0 aliphatic heterocycles. The van der Waals surface area contributed by atoms with Crippen LogP contribution in [0.2, 0.25) is 5.02 Å². The van der Waals surface area contributed by atoms with Crippen LogP contribution >= 0.6 is 27.5 Å². The molecule has 2 aromatic rings. The monoisotopic (exact) mass is 392 g/mol. The first-order valence-corrected chi connectivity index (χ1v) is 7.52. The van der Waals surface area contributed by atoms with Gasteiger partial charge in [-0.3, -0.25) is 9.59 Å². The Morgan fingerprint density at radius 3 is 2.61 bits per heavy atom. The van der Waals surface area contributed by atoms with Crippen molar-refractivity contribution in [2.45, 2.75) is 6.92 Å². The van der Waals surface area contributed by atoms with Crippen molar-refractivity contribution in [2.24, 2.45) is 0 Å². The van der Waals surface area contributed by atoms with Crippen molar-refractivity contribution in [1.82, 2.24) is 4.98 Å². The fourth-order valence-electron chi connectivity index (χ4n) is 1.77. The Kier molecular flexibility index (Phi) is 5.32. The molecule has 116 valence electrons. The average Bonchev–Trinajstić information content (AvgIpc) is 2.49. The first kappa shape index (κ1) is 16.9. The highest BCUT2D eigenvalue weighted by molar-refractivity contribution is 9.10. The molecule has 1 aromatic carbocycles. The molecule has 6 nitrogen and oxygen atoms in total. The Balaban J connectivity index is 2.32. The number of carbonyl (C=O) groups excluding carboxylic acids is 2. The Bertz CT molecular complexity index is 833. The van der Waals surface area contributed by atoms with E-state index in [1.807, 2.05) is 6.07 Å². The number of carbonyl (C=O) groups is 2. The molecule has 0 radical (unpaired) electrons. The molecule has 0 saturated heterocycles. The third kappa shape index (κ3) is 4.28. The number of hydrogen-bond donors (Lipinski definition) is 2. The Morgan fingerprint density at radius 2 is 2.00 bits per heavy atom. The number of amides is 2. The maximum absolute atomic E-state index is 12.3. The van der Waals surface area contributed by atoms with Crippen LogP contribution < -0.4 is 10.6 Å². The molecule has 0 atom stereocenters. The first-order chi connectivity index (χ1) is 10.9. The van der Waals surface area contributed by atoms with E-state index in [-0.39, 0.29) is 22.2 Å². The van der Waals surface area contributed by atoms with Gasteiger partial charge in [0.2, 0.25) is 5.91 Å². The van der Waals surface area contributed by atoms with Gasteiger partial charge in [-0.2, -0.15) is 5.26 Å². The molecule has 1 aromatic heterocycles. The van der Waals surface area contributed by atoms with Gasteiger partial charge in [-0.05, 0) is 24.3 Å². The minimum atomic E-state index is -0.552. The Labute approximate surface area is 145 Å². The molecule has 0 unspecified atom stereocenters. The maximum atomic E-state index is 12.3. The third-order valence-electron chi connectivity index (χ3n) is 2.73. The molecule has 0 aliphatic carbocycles. The van der Waals surface area contributed by atoms with Crippen molar-refractivity contribution in [3.05, 3.63) is 51.2 Å². The molecule has 2 N–H and O–H groups in total. The minimum absolute atomic E-state index is 0.0144. The fraction of sp³-hybridized carbons (Fsp3) is 0.0667. The van der Waals surface area contributed by atoms with Crippen molar-refractivity contribution in [3.8, 4) is 6.07 Å². The summed E-state index contributed by atoms with van der Waals surface area (Å²) in [7, 11) is 0. The number of pyridine rings is 1. The van der Waals surface area contributed by atoms with Crippen LogP contribution in [0.3, 0.4) is 0 Å². The van der Waals surface area contributed by atoms with Crippen LogP contribution in [0.1, 0.15) is 23.0 Å². The smallest absolute Gasteiger partial charge is 0.275 e. The summed E-state index contributed by atoms with van der Waals surface area (Å²) < 4.78 is 0.723. The predicted molar refractivity (Wildman–Crippen MR) is 90.4 cm³/mol. The van der Waals surface area contributed by atoms with Crippen LogP contribution in [0, 0.1) is 11.3 Å². The van der Waals surface area contributed by atoms with Crippen LogP contribution in [-0.2, 0) is 4.79 Å². The summed E-state index contributed by atoms with van der Waals surface area (Å²) in [5, 5.41) is 14.1. The van der Waals surface area contributed by atoms with Crippen molar-refractivity contribution < 1.29 is 9.59 Å². The zero-order valence-corrected chi connectivity index (χ0v) is 14.2. The lowest BCUT2D eigenvalue weighted by Gasteiger charge is -2.12. The van der Waals surface area contributed by atoms with E-state index >= 15 is 0 Å². The van der Waals surface area contributed by atoms with Gasteiger partial charge in [0, 0.05) is 17.6 Å². The summed E-state index contributed by atoms with van der Waals surface area (Å²) in [6.45, 7) is 1.37. The van der Waals surface area contributed by atoms with Gasteiger partial charge in [0.15, 0.2) is 0 Å². The second kappa shape index (κ2) is 7.22. The highest BCUT2D eigenvalue weighted by atomic mass is 79.9. The summed E-state index contributed by atoms with van der Waals surface area (Å²) in [6, 6.07) is 8.27. The third-order valence-corrected chi connectivity index (χ3v) is 3.51. The second-order valence-corrected chi connectivity index (χ2v) is 5.81. The van der Waals surface area contributed by atoms with Gasteiger partial charge in [0.05, 0.1) is 22.0 Å². The van der Waals surface area contributed by atoms with E-state index in [1.165, 1.54) is 19.2 Å². The molecular weight excluding hydrogens is 384 g/mol. The van der Waals surface area contributed by atoms with Crippen LogP contribution in [0.5, 0.6) is 0 Å². The van der Waals surface area contributed by atoms with Gasteiger partial charge in [-0.25, -0.2) is 4.98 Å². The quantitative estimate of drug-likeness (QED) is 0.833. The molecule has 0 spiro atoms. The van der Waals surface area contributed by atoms with Gasteiger partial charge in [0.25, 0.3) is 5.91 Å². The maximum Gasteiger partial charge on any atom is 0.275 e. The highest BCUT2D eigenvalue weighted by Crippen LogP contribution is 2.27.